The molecule has 180 valence electrons. The molecule has 0 aliphatic rings. The van der Waals surface area contributed by atoms with Crippen LogP contribution in [0.1, 0.15) is 52.0 Å². The lowest BCUT2D eigenvalue weighted by Crippen LogP contribution is -2.38. The molecular weight excluding hydrogens is 434 g/mol. The Kier molecular flexibility index (Phi) is 6.33. The molecule has 0 saturated carbocycles. The van der Waals surface area contributed by atoms with Crippen LogP contribution >= 0.6 is 0 Å². The predicted octanol–water partition coefficient (Wildman–Crippen LogP) is 6.25. The molecule has 0 radical (unpaired) electrons. The number of nitrogens with zero attached hydrogens (tertiary/aromatic N) is 2. The summed E-state index contributed by atoms with van der Waals surface area (Å²) in [6.45, 7) is 8.33. The number of benzene rings is 3. The van der Waals surface area contributed by atoms with Crippen molar-refractivity contribution in [2.75, 3.05) is 18.1 Å². The van der Waals surface area contributed by atoms with Crippen LogP contribution in [0.3, 0.4) is 0 Å². The molecule has 0 bridgehead atoms. The Labute approximate surface area is 205 Å². The van der Waals surface area contributed by atoms with Gasteiger partial charge in [-0.25, -0.2) is 0 Å². The summed E-state index contributed by atoms with van der Waals surface area (Å²) in [5.41, 5.74) is 4.42. The Morgan fingerprint density at radius 1 is 0.743 bits per heavy atom. The second-order valence-corrected chi connectivity index (χ2v) is 9.38. The molecule has 0 aliphatic carbocycles. The Hall–Kier alpha value is -3.60. The van der Waals surface area contributed by atoms with Gasteiger partial charge in [-0.05, 0) is 55.2 Å². The van der Waals surface area contributed by atoms with Gasteiger partial charge in [0, 0.05) is 34.8 Å². The lowest BCUT2D eigenvalue weighted by atomic mass is 10.0. The molecule has 35 heavy (non-hydrogen) atoms. The molecule has 2 aromatic heterocycles. The second-order valence-electron chi connectivity index (χ2n) is 9.38. The Bertz CT molecular complexity index is 1650. The molecule has 1 N–H and O–H groups in total. The minimum Gasteiger partial charge on any atom is -0.354 e. The van der Waals surface area contributed by atoms with Crippen molar-refractivity contribution in [1.82, 2.24) is 9.66 Å². The van der Waals surface area contributed by atoms with Gasteiger partial charge in [0.15, 0.2) is 10.9 Å². The smallest absolute Gasteiger partial charge is 0.197 e. The van der Waals surface area contributed by atoms with E-state index in [0.717, 1.165) is 72.7 Å². The highest BCUT2D eigenvalue weighted by molar-refractivity contribution is 6.03. The van der Waals surface area contributed by atoms with E-state index in [-0.39, 0.29) is 10.9 Å². The summed E-state index contributed by atoms with van der Waals surface area (Å²) in [7, 11) is 0. The van der Waals surface area contributed by atoms with Gasteiger partial charge in [0.2, 0.25) is 0 Å². The van der Waals surface area contributed by atoms with Gasteiger partial charge >= 0.3 is 0 Å². The van der Waals surface area contributed by atoms with Crippen LogP contribution in [0.4, 0.5) is 0 Å². The van der Waals surface area contributed by atoms with Crippen LogP contribution < -0.4 is 15.9 Å². The Morgan fingerprint density at radius 3 is 2.14 bits per heavy atom. The van der Waals surface area contributed by atoms with E-state index in [1.807, 2.05) is 48.5 Å². The molecule has 0 unspecified atom stereocenters. The molecule has 5 nitrogen and oxygen atoms in total. The molecule has 0 fully saturated rings. The van der Waals surface area contributed by atoms with Crippen molar-refractivity contribution in [2.24, 2.45) is 0 Å². The fourth-order valence-electron chi connectivity index (χ4n) is 5.18. The fraction of sp³-hybridized carbons (Fsp3) is 0.333. The second kappa shape index (κ2) is 9.57. The van der Waals surface area contributed by atoms with E-state index in [1.165, 1.54) is 0 Å². The normalized spacial score (nSPS) is 11.7. The number of pyridine rings is 2. The molecule has 0 spiro atoms. The Morgan fingerprint density at radius 2 is 1.43 bits per heavy atom. The van der Waals surface area contributed by atoms with Crippen molar-refractivity contribution in [1.29, 1.82) is 0 Å². The number of rotatable bonds is 8. The maximum absolute atomic E-state index is 13.8. The maximum Gasteiger partial charge on any atom is 0.197 e. The predicted molar refractivity (Wildman–Crippen MR) is 148 cm³/mol. The third-order valence-corrected chi connectivity index (χ3v) is 7.07. The van der Waals surface area contributed by atoms with Crippen LogP contribution in [-0.4, -0.2) is 22.7 Å². The minimum absolute atomic E-state index is 0.00668. The lowest BCUT2D eigenvalue weighted by molar-refractivity contribution is 0.563. The molecule has 0 saturated heterocycles. The molecule has 5 aromatic rings. The number of aromatic amines is 1. The Balaban J connectivity index is 1.97. The van der Waals surface area contributed by atoms with Gasteiger partial charge in [0.25, 0.3) is 0 Å². The number of H-pyrrole nitrogens is 1. The number of nitrogens with one attached hydrogen (secondary N) is 1. The third-order valence-electron chi connectivity index (χ3n) is 7.07. The first kappa shape index (κ1) is 23.2. The summed E-state index contributed by atoms with van der Waals surface area (Å²) in [4.78, 5) is 30.7. The van der Waals surface area contributed by atoms with Crippen LogP contribution in [0.25, 0.3) is 43.6 Å². The van der Waals surface area contributed by atoms with Crippen molar-refractivity contribution in [3.8, 4) is 0 Å². The van der Waals surface area contributed by atoms with Crippen LogP contribution in [0.15, 0.2) is 64.2 Å². The van der Waals surface area contributed by atoms with E-state index in [9.17, 15) is 9.59 Å². The van der Waals surface area contributed by atoms with Crippen molar-refractivity contribution in [2.45, 2.75) is 52.9 Å². The molecule has 3 aromatic carbocycles. The van der Waals surface area contributed by atoms with E-state index < -0.39 is 0 Å². The van der Waals surface area contributed by atoms with Crippen molar-refractivity contribution < 1.29 is 0 Å². The van der Waals surface area contributed by atoms with Gasteiger partial charge in [-0.2, -0.15) is 0 Å². The van der Waals surface area contributed by atoms with Crippen LogP contribution in [0, 0.1) is 0 Å². The molecule has 0 aliphatic heterocycles. The van der Waals surface area contributed by atoms with Gasteiger partial charge in [0.1, 0.15) is 0 Å². The van der Waals surface area contributed by atoms with E-state index in [2.05, 4.69) is 41.5 Å². The average molecular weight is 468 g/mol. The minimum atomic E-state index is -0.00668. The van der Waals surface area contributed by atoms with Gasteiger partial charge in [0.05, 0.1) is 21.9 Å². The van der Waals surface area contributed by atoms with Gasteiger partial charge in [-0.3, -0.25) is 14.3 Å². The lowest BCUT2D eigenvalue weighted by Gasteiger charge is -2.31. The molecule has 5 rings (SSSR count). The highest BCUT2D eigenvalue weighted by Gasteiger charge is 2.19. The number of unbranched alkanes of at least 4 members (excludes halogenated alkanes) is 2. The third kappa shape index (κ3) is 3.89. The van der Waals surface area contributed by atoms with E-state index >= 15 is 0 Å². The summed E-state index contributed by atoms with van der Waals surface area (Å²) in [5, 5.41) is 5.04. The molecule has 0 amide bonds. The number of aromatic nitrogens is 2. The maximum atomic E-state index is 13.8. The standard InChI is InChI=1S/C30H33N3O2/c1-4-7-16-32(17-8-5-2)33-27-19-23-26(31-25-15-10-9-13-21(25)29(23)34)18-24(27)30(35)22-14-11-12-20(6-3)28(22)33/h9-15,18-19H,4-8,16-17H2,1-3H3,(H,31,34). The summed E-state index contributed by atoms with van der Waals surface area (Å²) >= 11 is 0. The monoisotopic (exact) mass is 467 g/mol. The van der Waals surface area contributed by atoms with Gasteiger partial charge < -0.3 is 9.99 Å². The summed E-state index contributed by atoms with van der Waals surface area (Å²) < 4.78 is 2.25. The molecule has 5 heteroatoms. The number of hydrogen-bond acceptors (Lipinski definition) is 3. The zero-order valence-electron chi connectivity index (χ0n) is 20.9. The largest absolute Gasteiger partial charge is 0.354 e. The zero-order chi connectivity index (χ0) is 24.5. The molecule has 2 heterocycles. The number of para-hydroxylation sites is 2. The number of aryl methyl sites for hydroxylation is 1. The summed E-state index contributed by atoms with van der Waals surface area (Å²) in [6, 6.07) is 17.4. The first-order valence-corrected chi connectivity index (χ1v) is 12.9. The highest BCUT2D eigenvalue weighted by Crippen LogP contribution is 2.27. The van der Waals surface area contributed by atoms with E-state index in [4.69, 9.17) is 0 Å². The zero-order valence-corrected chi connectivity index (χ0v) is 20.9. The highest BCUT2D eigenvalue weighted by atomic mass is 16.1. The van der Waals surface area contributed by atoms with Crippen LogP contribution in [0.5, 0.6) is 0 Å². The SMILES string of the molecule is CCCCN(CCCC)n1c2cc3c(=O)c4ccccc4[nH]c3cc2c(=O)c2cccc(CC)c21. The average Bonchev–Trinajstić information content (AvgIpc) is 2.89. The van der Waals surface area contributed by atoms with Crippen molar-refractivity contribution in [3.63, 3.8) is 0 Å². The summed E-state index contributed by atoms with van der Waals surface area (Å²) in [6.07, 6.45) is 5.14. The fourth-order valence-corrected chi connectivity index (χ4v) is 5.18. The van der Waals surface area contributed by atoms with Crippen LogP contribution in [0.2, 0.25) is 0 Å². The topological polar surface area (TPSA) is 58.1 Å². The van der Waals surface area contributed by atoms with Crippen LogP contribution in [-0.2, 0) is 6.42 Å². The molecular formula is C30H33N3O2. The van der Waals surface area contributed by atoms with Gasteiger partial charge in [-0.15, -0.1) is 0 Å². The molecule has 0 atom stereocenters. The summed E-state index contributed by atoms with van der Waals surface area (Å²) in [5.74, 6) is 0. The van der Waals surface area contributed by atoms with E-state index in [1.54, 1.807) is 0 Å². The quantitative estimate of drug-likeness (QED) is 0.274. The van der Waals surface area contributed by atoms with E-state index in [0.29, 0.717) is 21.7 Å². The van der Waals surface area contributed by atoms with Crippen molar-refractivity contribution >= 4 is 43.6 Å². The van der Waals surface area contributed by atoms with Gasteiger partial charge in [-0.1, -0.05) is 57.9 Å². The van der Waals surface area contributed by atoms with Crippen molar-refractivity contribution in [3.05, 3.63) is 80.6 Å². The number of hydrogen-bond donors (Lipinski definition) is 1. The first-order chi connectivity index (χ1) is 17.1. The number of fused-ring (bicyclic) bond motifs is 4. The first-order valence-electron chi connectivity index (χ1n) is 12.9.